The van der Waals surface area contributed by atoms with E-state index in [-0.39, 0.29) is 29.1 Å². The first-order valence-electron chi connectivity index (χ1n) is 2.89. The minimum Gasteiger partial charge on any atom is -0.299 e. The lowest BCUT2D eigenvalue weighted by Crippen LogP contribution is -1.94. The average Bonchev–Trinajstić information content (AvgIpc) is 2.15. The van der Waals surface area contributed by atoms with Crippen molar-refractivity contribution in [1.29, 1.82) is 0 Å². The number of halogens is 1. The zero-order valence-electron chi connectivity index (χ0n) is 5.78. The van der Waals surface area contributed by atoms with Gasteiger partial charge in [0.2, 0.25) is 0 Å². The van der Waals surface area contributed by atoms with Crippen LogP contribution >= 0.6 is 23.3 Å². The number of Topliss-reactive ketones (excluding diaryl/α,β-unsaturated/α-hetero) is 1. The van der Waals surface area contributed by atoms with Crippen LogP contribution in [0, 0.1) is 0 Å². The molecule has 1 aliphatic rings. The minimum absolute atomic E-state index is 0. The van der Waals surface area contributed by atoms with Crippen molar-refractivity contribution >= 4 is 29.1 Å². The van der Waals surface area contributed by atoms with Gasteiger partial charge in [-0.15, -0.1) is 12.4 Å². The smallest absolute Gasteiger partial charge is 0.138 e. The van der Waals surface area contributed by atoms with E-state index >= 15 is 0 Å². The van der Waals surface area contributed by atoms with Gasteiger partial charge in [0.05, 0.1) is 0 Å². The molecule has 58 valence electrons. The fourth-order valence-corrected chi connectivity index (χ4v) is 2.20. The molecule has 0 aromatic heterocycles. The van der Waals surface area contributed by atoms with Crippen LogP contribution in [-0.2, 0) is 4.79 Å². The Bertz CT molecular complexity index is 162. The third kappa shape index (κ3) is 3.08. The molecule has 0 fully saturated rings. The summed E-state index contributed by atoms with van der Waals surface area (Å²) in [7, 11) is -0.195. The molecule has 0 aromatic rings. The van der Waals surface area contributed by atoms with Crippen molar-refractivity contribution in [1.82, 2.24) is 0 Å². The summed E-state index contributed by atoms with van der Waals surface area (Å²) in [6.45, 7) is 1.64. The standard InChI is InChI=1S/C7H10OS.ClH/c1-7(8)6-9-4-2-3-5-9;/h2-5,9H,6H2,1H3;1H. The fourth-order valence-electron chi connectivity index (χ4n) is 0.733. The molecule has 1 heterocycles. The largest absolute Gasteiger partial charge is 0.299 e. The van der Waals surface area contributed by atoms with E-state index in [4.69, 9.17) is 0 Å². The topological polar surface area (TPSA) is 17.1 Å². The van der Waals surface area contributed by atoms with E-state index < -0.39 is 0 Å². The van der Waals surface area contributed by atoms with Gasteiger partial charge in [-0.1, -0.05) is 12.2 Å². The van der Waals surface area contributed by atoms with Crippen molar-refractivity contribution in [3.63, 3.8) is 0 Å². The number of hydrogen-bond acceptors (Lipinski definition) is 1. The van der Waals surface area contributed by atoms with Crippen LogP contribution < -0.4 is 0 Å². The van der Waals surface area contributed by atoms with E-state index in [2.05, 4.69) is 10.8 Å². The van der Waals surface area contributed by atoms with E-state index in [1.54, 1.807) is 6.92 Å². The quantitative estimate of drug-likeness (QED) is 0.641. The number of thiol groups is 1. The van der Waals surface area contributed by atoms with Gasteiger partial charge in [0.1, 0.15) is 5.78 Å². The molecule has 3 heteroatoms. The summed E-state index contributed by atoms with van der Waals surface area (Å²) < 4.78 is 0. The molecule has 1 rings (SSSR count). The van der Waals surface area contributed by atoms with Crippen LogP contribution in [0.3, 0.4) is 0 Å². The Morgan fingerprint density at radius 1 is 1.40 bits per heavy atom. The summed E-state index contributed by atoms with van der Waals surface area (Å²) in [6.07, 6.45) is 4.02. The summed E-state index contributed by atoms with van der Waals surface area (Å²) in [6, 6.07) is 0. The Hall–Kier alpha value is -0.210. The van der Waals surface area contributed by atoms with Gasteiger partial charge in [0, 0.05) is 5.75 Å². The van der Waals surface area contributed by atoms with E-state index in [9.17, 15) is 4.79 Å². The minimum atomic E-state index is -0.195. The molecule has 0 bridgehead atoms. The van der Waals surface area contributed by atoms with Crippen molar-refractivity contribution in [3.8, 4) is 0 Å². The highest BCUT2D eigenvalue weighted by Gasteiger charge is 2.00. The lowest BCUT2D eigenvalue weighted by molar-refractivity contribution is -0.114. The second-order valence-electron chi connectivity index (χ2n) is 2.06. The lowest BCUT2D eigenvalue weighted by Gasteiger charge is -2.04. The third-order valence-corrected chi connectivity index (χ3v) is 2.99. The molecular formula is C7H11ClOS. The molecule has 0 aromatic carbocycles. The number of ketones is 1. The van der Waals surface area contributed by atoms with Crippen molar-refractivity contribution in [2.24, 2.45) is 0 Å². The first-order chi connectivity index (χ1) is 4.29. The molecule has 0 saturated heterocycles. The molecule has 0 unspecified atom stereocenters. The number of carbonyl (C=O) groups excluding carboxylic acids is 1. The third-order valence-electron chi connectivity index (χ3n) is 1.07. The van der Waals surface area contributed by atoms with Crippen LogP contribution in [0.5, 0.6) is 0 Å². The zero-order valence-corrected chi connectivity index (χ0v) is 7.49. The van der Waals surface area contributed by atoms with Crippen LogP contribution in [0.15, 0.2) is 23.0 Å². The van der Waals surface area contributed by atoms with Crippen LogP contribution in [0.4, 0.5) is 0 Å². The molecule has 0 N–H and O–H groups in total. The normalized spacial score (nSPS) is 17.1. The number of allylic oxidation sites excluding steroid dienone is 2. The van der Waals surface area contributed by atoms with Gasteiger partial charge in [0.25, 0.3) is 0 Å². The Kier molecular flexibility index (Phi) is 4.49. The highest BCUT2D eigenvalue weighted by atomic mass is 35.5. The monoisotopic (exact) mass is 178 g/mol. The maximum Gasteiger partial charge on any atom is 0.138 e. The summed E-state index contributed by atoms with van der Waals surface area (Å²) in [5.41, 5.74) is 0. The molecule has 0 radical (unpaired) electrons. The molecule has 0 amide bonds. The first kappa shape index (κ1) is 9.79. The fraction of sp³-hybridized carbons (Fsp3) is 0.286. The summed E-state index contributed by atoms with van der Waals surface area (Å²) in [4.78, 5) is 10.5. The van der Waals surface area contributed by atoms with E-state index in [1.165, 1.54) is 0 Å². The highest BCUT2D eigenvalue weighted by molar-refractivity contribution is 8.22. The Labute approximate surface area is 69.9 Å². The summed E-state index contributed by atoms with van der Waals surface area (Å²) >= 11 is 0. The Balaban J connectivity index is 0.000000810. The molecule has 0 spiro atoms. The second-order valence-corrected chi connectivity index (χ2v) is 4.00. The SMILES string of the molecule is CC(=O)C[SH]1C=CC=C1.Cl. The molecule has 10 heavy (non-hydrogen) atoms. The van der Waals surface area contributed by atoms with Gasteiger partial charge >= 0.3 is 0 Å². The zero-order chi connectivity index (χ0) is 6.69. The highest BCUT2D eigenvalue weighted by Crippen LogP contribution is 2.31. The van der Waals surface area contributed by atoms with E-state index in [0.717, 1.165) is 5.75 Å². The van der Waals surface area contributed by atoms with E-state index in [1.807, 2.05) is 12.2 Å². The van der Waals surface area contributed by atoms with Crippen molar-refractivity contribution in [2.75, 3.05) is 5.75 Å². The van der Waals surface area contributed by atoms with Crippen LogP contribution in [0.25, 0.3) is 0 Å². The second kappa shape index (κ2) is 4.58. The lowest BCUT2D eigenvalue weighted by atomic mass is 10.5. The summed E-state index contributed by atoms with van der Waals surface area (Å²) in [5, 5.41) is 4.22. The Morgan fingerprint density at radius 2 is 1.90 bits per heavy atom. The van der Waals surface area contributed by atoms with Gasteiger partial charge in [-0.25, -0.2) is 10.9 Å². The maximum atomic E-state index is 10.5. The first-order valence-corrected chi connectivity index (χ1v) is 4.56. The molecular weight excluding hydrogens is 168 g/mol. The van der Waals surface area contributed by atoms with Crippen molar-refractivity contribution in [2.45, 2.75) is 6.92 Å². The maximum absolute atomic E-state index is 10.5. The molecule has 0 atom stereocenters. The van der Waals surface area contributed by atoms with Crippen LogP contribution in [0.1, 0.15) is 6.92 Å². The number of carbonyl (C=O) groups is 1. The average molecular weight is 179 g/mol. The van der Waals surface area contributed by atoms with Gasteiger partial charge in [0.15, 0.2) is 0 Å². The van der Waals surface area contributed by atoms with Crippen molar-refractivity contribution < 1.29 is 4.79 Å². The van der Waals surface area contributed by atoms with Crippen molar-refractivity contribution in [3.05, 3.63) is 23.0 Å². The van der Waals surface area contributed by atoms with Crippen LogP contribution in [0.2, 0.25) is 0 Å². The van der Waals surface area contributed by atoms with Gasteiger partial charge in [-0.05, 0) is 17.7 Å². The molecule has 1 nitrogen and oxygen atoms in total. The number of hydrogen-bond donors (Lipinski definition) is 1. The number of rotatable bonds is 2. The molecule has 1 aliphatic heterocycles. The predicted molar refractivity (Wildman–Crippen MR) is 50.1 cm³/mol. The van der Waals surface area contributed by atoms with E-state index in [0.29, 0.717) is 0 Å². The molecule has 0 aliphatic carbocycles. The van der Waals surface area contributed by atoms with Gasteiger partial charge in [-0.2, -0.15) is 0 Å². The van der Waals surface area contributed by atoms with Gasteiger partial charge in [-0.3, -0.25) is 4.79 Å². The summed E-state index contributed by atoms with van der Waals surface area (Å²) in [5.74, 6) is 1.01. The molecule has 0 saturated carbocycles. The predicted octanol–water partition coefficient (Wildman–Crippen LogP) is 2.04. The van der Waals surface area contributed by atoms with Gasteiger partial charge < -0.3 is 0 Å². The Morgan fingerprint density at radius 3 is 2.30 bits per heavy atom. The van der Waals surface area contributed by atoms with Crippen LogP contribution in [-0.4, -0.2) is 11.5 Å².